The molecule has 0 aliphatic rings. The summed E-state index contributed by atoms with van der Waals surface area (Å²) in [6, 6.07) is 0. The summed E-state index contributed by atoms with van der Waals surface area (Å²) in [7, 11) is 6.01. The number of ether oxygens (including phenoxy) is 2. The minimum Gasteiger partial charge on any atom is -0.464 e. The number of methoxy groups -OCH3 is 2. The van der Waals surface area contributed by atoms with E-state index in [-0.39, 0.29) is 6.79 Å². The van der Waals surface area contributed by atoms with Crippen LogP contribution in [0.25, 0.3) is 0 Å². The Morgan fingerprint density at radius 2 is 1.94 bits per heavy atom. The smallest absolute Gasteiger partial charge is 0.364 e. The third-order valence-corrected chi connectivity index (χ3v) is 1.46. The third kappa shape index (κ3) is 6.31. The summed E-state index contributed by atoms with van der Waals surface area (Å²) >= 11 is 0. The van der Waals surface area contributed by atoms with Crippen LogP contribution in [0.2, 0.25) is 0 Å². The van der Waals surface area contributed by atoms with Crippen molar-refractivity contribution in [1.82, 2.24) is 4.90 Å². The van der Waals surface area contributed by atoms with E-state index in [0.717, 1.165) is 7.11 Å². The second-order valence-corrected chi connectivity index (χ2v) is 3.11. The number of hydrogen-bond donors (Lipinski definition) is 0. The SMILES string of the molecule is COCO/N=C(\C(=O)/C=C/N(C)C)C(=O)OC. The standard InChI is InChI=1S/C10H16N2O5/c1-12(2)6-5-8(13)9(10(14)16-4)11-17-7-15-3/h5-6H,7H2,1-4H3/b6-5+,11-9+. The second kappa shape index (κ2) is 8.28. The lowest BCUT2D eigenvalue weighted by molar-refractivity contribution is -0.133. The first kappa shape index (κ1) is 15.1. The van der Waals surface area contributed by atoms with Crippen molar-refractivity contribution in [3.8, 4) is 0 Å². The quantitative estimate of drug-likeness (QED) is 0.117. The zero-order valence-electron chi connectivity index (χ0n) is 10.3. The molecule has 0 unspecified atom stereocenters. The van der Waals surface area contributed by atoms with Crippen molar-refractivity contribution in [3.05, 3.63) is 12.3 Å². The molecule has 0 aliphatic carbocycles. The number of ketones is 1. The van der Waals surface area contributed by atoms with Gasteiger partial charge in [0.2, 0.25) is 18.3 Å². The van der Waals surface area contributed by atoms with E-state index in [1.54, 1.807) is 19.0 Å². The molecule has 0 aromatic carbocycles. The highest BCUT2D eigenvalue weighted by Gasteiger charge is 2.20. The van der Waals surface area contributed by atoms with Gasteiger partial charge in [0.25, 0.3) is 0 Å². The van der Waals surface area contributed by atoms with Crippen LogP contribution in [0.3, 0.4) is 0 Å². The van der Waals surface area contributed by atoms with Crippen LogP contribution in [0.4, 0.5) is 0 Å². The number of oxime groups is 1. The van der Waals surface area contributed by atoms with Gasteiger partial charge in [-0.25, -0.2) is 4.79 Å². The first-order valence-corrected chi connectivity index (χ1v) is 4.69. The van der Waals surface area contributed by atoms with Crippen molar-refractivity contribution < 1.29 is 23.9 Å². The average molecular weight is 244 g/mol. The van der Waals surface area contributed by atoms with Gasteiger partial charge in [-0.2, -0.15) is 0 Å². The lowest BCUT2D eigenvalue weighted by Crippen LogP contribution is -2.25. The highest BCUT2D eigenvalue weighted by molar-refractivity contribution is 6.66. The molecule has 96 valence electrons. The van der Waals surface area contributed by atoms with Gasteiger partial charge in [0, 0.05) is 33.5 Å². The van der Waals surface area contributed by atoms with E-state index >= 15 is 0 Å². The van der Waals surface area contributed by atoms with Crippen molar-refractivity contribution in [2.75, 3.05) is 35.1 Å². The Morgan fingerprint density at radius 1 is 1.29 bits per heavy atom. The van der Waals surface area contributed by atoms with Crippen LogP contribution in [0.5, 0.6) is 0 Å². The van der Waals surface area contributed by atoms with E-state index in [1.165, 1.54) is 19.4 Å². The lowest BCUT2D eigenvalue weighted by atomic mass is 10.2. The summed E-state index contributed by atoms with van der Waals surface area (Å²) in [5, 5.41) is 3.36. The molecule has 0 rings (SSSR count). The fourth-order valence-electron chi connectivity index (χ4n) is 0.719. The number of rotatable bonds is 7. The Hall–Kier alpha value is -1.89. The molecule has 0 aliphatic heterocycles. The molecule has 17 heavy (non-hydrogen) atoms. The number of esters is 1. The third-order valence-electron chi connectivity index (χ3n) is 1.46. The van der Waals surface area contributed by atoms with Crippen LogP contribution in [0, 0.1) is 0 Å². The molecular formula is C10H16N2O5. The van der Waals surface area contributed by atoms with Gasteiger partial charge in [-0.1, -0.05) is 5.16 Å². The molecule has 7 heteroatoms. The Kier molecular flexibility index (Phi) is 7.36. The molecule has 0 aromatic rings. The van der Waals surface area contributed by atoms with Crippen molar-refractivity contribution >= 4 is 17.5 Å². The predicted molar refractivity (Wildman–Crippen MR) is 60.2 cm³/mol. The topological polar surface area (TPSA) is 77.4 Å². The summed E-state index contributed by atoms with van der Waals surface area (Å²) < 4.78 is 8.98. The first-order valence-electron chi connectivity index (χ1n) is 4.69. The summed E-state index contributed by atoms with van der Waals surface area (Å²) in [4.78, 5) is 29.1. The van der Waals surface area contributed by atoms with E-state index in [4.69, 9.17) is 0 Å². The number of carbonyl (C=O) groups excluding carboxylic acids is 2. The number of allylic oxidation sites excluding steroid dienone is 1. The molecule has 0 saturated heterocycles. The molecule has 7 nitrogen and oxygen atoms in total. The van der Waals surface area contributed by atoms with E-state index in [1.807, 2.05) is 0 Å². The highest BCUT2D eigenvalue weighted by Crippen LogP contribution is 1.92. The molecule has 0 N–H and O–H groups in total. The zero-order chi connectivity index (χ0) is 13.3. The largest absolute Gasteiger partial charge is 0.464 e. The van der Waals surface area contributed by atoms with Gasteiger partial charge in [0.1, 0.15) is 0 Å². The van der Waals surface area contributed by atoms with Crippen molar-refractivity contribution in [1.29, 1.82) is 0 Å². The molecule has 0 atom stereocenters. The maximum absolute atomic E-state index is 11.6. The number of carbonyl (C=O) groups is 2. The summed E-state index contributed by atoms with van der Waals surface area (Å²) in [5.74, 6) is -1.48. The van der Waals surface area contributed by atoms with Gasteiger partial charge in [-0.15, -0.1) is 0 Å². The maximum atomic E-state index is 11.6. The molecule has 0 radical (unpaired) electrons. The molecule has 0 heterocycles. The molecular weight excluding hydrogens is 228 g/mol. The molecule has 0 fully saturated rings. The molecule has 0 aromatic heterocycles. The Morgan fingerprint density at radius 3 is 2.41 bits per heavy atom. The summed E-state index contributed by atoms with van der Waals surface area (Å²) in [5.41, 5.74) is -0.442. The summed E-state index contributed by atoms with van der Waals surface area (Å²) in [6.45, 7) is -0.162. The van der Waals surface area contributed by atoms with Crippen LogP contribution < -0.4 is 0 Å². The highest BCUT2D eigenvalue weighted by atomic mass is 16.7. The average Bonchev–Trinajstić information content (AvgIpc) is 2.30. The van der Waals surface area contributed by atoms with Gasteiger partial charge in [-0.05, 0) is 0 Å². The normalized spacial score (nSPS) is 11.4. The van der Waals surface area contributed by atoms with E-state index in [9.17, 15) is 9.59 Å². The van der Waals surface area contributed by atoms with Crippen LogP contribution in [0.1, 0.15) is 0 Å². The molecule has 0 amide bonds. The van der Waals surface area contributed by atoms with E-state index in [0.29, 0.717) is 0 Å². The Bertz CT molecular complexity index is 323. The summed E-state index contributed by atoms with van der Waals surface area (Å²) in [6.07, 6.45) is 2.67. The molecule has 0 bridgehead atoms. The zero-order valence-corrected chi connectivity index (χ0v) is 10.3. The van der Waals surface area contributed by atoms with Crippen molar-refractivity contribution in [2.24, 2.45) is 5.16 Å². The minimum atomic E-state index is -0.866. The molecule has 0 saturated carbocycles. The maximum Gasteiger partial charge on any atom is 0.364 e. The fourth-order valence-corrected chi connectivity index (χ4v) is 0.719. The predicted octanol–water partition coefficient (Wildman–Crippen LogP) is -0.220. The van der Waals surface area contributed by atoms with Gasteiger partial charge < -0.3 is 19.2 Å². The lowest BCUT2D eigenvalue weighted by Gasteiger charge is -2.04. The monoisotopic (exact) mass is 244 g/mol. The van der Waals surface area contributed by atoms with Crippen LogP contribution in [-0.4, -0.2) is 57.5 Å². The van der Waals surface area contributed by atoms with Crippen molar-refractivity contribution in [3.63, 3.8) is 0 Å². The van der Waals surface area contributed by atoms with Crippen LogP contribution in [0.15, 0.2) is 17.4 Å². The van der Waals surface area contributed by atoms with Gasteiger partial charge in [-0.3, -0.25) is 4.79 Å². The fraction of sp³-hybridized carbons (Fsp3) is 0.500. The van der Waals surface area contributed by atoms with Crippen LogP contribution in [-0.2, 0) is 23.9 Å². The van der Waals surface area contributed by atoms with Crippen molar-refractivity contribution in [2.45, 2.75) is 0 Å². The van der Waals surface area contributed by atoms with Gasteiger partial charge in [0.15, 0.2) is 0 Å². The number of hydrogen-bond acceptors (Lipinski definition) is 7. The van der Waals surface area contributed by atoms with E-state index in [2.05, 4.69) is 19.5 Å². The van der Waals surface area contributed by atoms with Gasteiger partial charge in [0.05, 0.1) is 7.11 Å². The van der Waals surface area contributed by atoms with E-state index < -0.39 is 17.5 Å². The number of nitrogens with zero attached hydrogens (tertiary/aromatic N) is 2. The van der Waals surface area contributed by atoms with Crippen LogP contribution >= 0.6 is 0 Å². The first-order chi connectivity index (χ1) is 8.02. The second-order valence-electron chi connectivity index (χ2n) is 3.11. The molecule has 0 spiro atoms. The Balaban J connectivity index is 4.74. The van der Waals surface area contributed by atoms with Gasteiger partial charge >= 0.3 is 5.97 Å². The minimum absolute atomic E-state index is 0.162. The Labute approximate surface area is 99.6 Å².